The van der Waals surface area contributed by atoms with E-state index >= 15 is 0 Å². The SMILES string of the molecule is Cc1ccc(C)c(OCC(=O)NNC(=O)c2c(Cl)cccc2Cl)c1. The monoisotopic (exact) mass is 366 g/mol. The van der Waals surface area contributed by atoms with E-state index in [1.165, 1.54) is 12.1 Å². The second kappa shape index (κ2) is 8.04. The van der Waals surface area contributed by atoms with Crippen LogP contribution in [-0.2, 0) is 4.79 Å². The van der Waals surface area contributed by atoms with Crippen molar-refractivity contribution in [3.05, 3.63) is 63.1 Å². The maximum absolute atomic E-state index is 12.0. The molecule has 0 aliphatic heterocycles. The van der Waals surface area contributed by atoms with Crippen LogP contribution in [0.4, 0.5) is 0 Å². The Balaban J connectivity index is 1.89. The van der Waals surface area contributed by atoms with E-state index < -0.39 is 11.8 Å². The third kappa shape index (κ3) is 4.63. The molecule has 0 aromatic heterocycles. The number of hydrogen-bond donors (Lipinski definition) is 2. The largest absolute Gasteiger partial charge is 0.483 e. The van der Waals surface area contributed by atoms with Crippen LogP contribution in [0.1, 0.15) is 21.5 Å². The average molecular weight is 367 g/mol. The Bertz CT molecular complexity index is 758. The predicted octanol–water partition coefficient (Wildman–Crippen LogP) is 3.45. The van der Waals surface area contributed by atoms with Crippen molar-refractivity contribution in [3.8, 4) is 5.75 Å². The van der Waals surface area contributed by atoms with Gasteiger partial charge >= 0.3 is 0 Å². The van der Waals surface area contributed by atoms with Gasteiger partial charge in [-0.3, -0.25) is 20.4 Å². The molecule has 126 valence electrons. The molecular weight excluding hydrogens is 351 g/mol. The highest BCUT2D eigenvalue weighted by Crippen LogP contribution is 2.23. The van der Waals surface area contributed by atoms with Crippen molar-refractivity contribution in [2.45, 2.75) is 13.8 Å². The summed E-state index contributed by atoms with van der Waals surface area (Å²) in [5.74, 6) is -0.497. The first kappa shape index (κ1) is 18.1. The topological polar surface area (TPSA) is 67.4 Å². The molecule has 0 bridgehead atoms. The molecule has 0 aliphatic rings. The molecule has 0 saturated heterocycles. The van der Waals surface area contributed by atoms with Crippen molar-refractivity contribution < 1.29 is 14.3 Å². The summed E-state index contributed by atoms with van der Waals surface area (Å²) in [5, 5.41) is 0.391. The zero-order chi connectivity index (χ0) is 17.7. The van der Waals surface area contributed by atoms with Crippen LogP contribution in [0.3, 0.4) is 0 Å². The molecule has 0 radical (unpaired) electrons. The van der Waals surface area contributed by atoms with Crippen LogP contribution >= 0.6 is 23.2 Å². The Morgan fingerprint density at radius 3 is 2.38 bits per heavy atom. The fourth-order valence-electron chi connectivity index (χ4n) is 1.95. The number of nitrogens with one attached hydrogen (secondary N) is 2. The minimum atomic E-state index is -0.606. The normalized spacial score (nSPS) is 10.2. The van der Waals surface area contributed by atoms with Gasteiger partial charge in [0.25, 0.3) is 11.8 Å². The molecule has 7 heteroatoms. The molecule has 2 N–H and O–H groups in total. The fourth-order valence-corrected chi connectivity index (χ4v) is 2.51. The van der Waals surface area contributed by atoms with Crippen molar-refractivity contribution in [1.82, 2.24) is 10.9 Å². The van der Waals surface area contributed by atoms with Crippen molar-refractivity contribution in [2.24, 2.45) is 0 Å². The van der Waals surface area contributed by atoms with Crippen LogP contribution in [0.15, 0.2) is 36.4 Å². The van der Waals surface area contributed by atoms with Gasteiger partial charge in [0, 0.05) is 0 Å². The minimum absolute atomic E-state index is 0.0941. The van der Waals surface area contributed by atoms with Gasteiger partial charge in [0.05, 0.1) is 15.6 Å². The lowest BCUT2D eigenvalue weighted by molar-refractivity contribution is -0.123. The number of benzene rings is 2. The summed E-state index contributed by atoms with van der Waals surface area (Å²) in [5.41, 5.74) is 6.55. The highest BCUT2D eigenvalue weighted by atomic mass is 35.5. The summed E-state index contributed by atoms with van der Waals surface area (Å²) in [6.07, 6.45) is 0. The number of ether oxygens (including phenoxy) is 1. The van der Waals surface area contributed by atoms with E-state index in [-0.39, 0.29) is 22.2 Å². The lowest BCUT2D eigenvalue weighted by Crippen LogP contribution is -2.44. The first-order valence-electron chi connectivity index (χ1n) is 7.11. The van der Waals surface area contributed by atoms with Gasteiger partial charge in [-0.15, -0.1) is 0 Å². The summed E-state index contributed by atoms with van der Waals surface area (Å²) in [6.45, 7) is 3.58. The molecule has 0 fully saturated rings. The van der Waals surface area contributed by atoms with Crippen molar-refractivity contribution in [1.29, 1.82) is 0 Å². The molecule has 2 aromatic rings. The standard InChI is InChI=1S/C17H16Cl2N2O3/c1-10-6-7-11(2)14(8-10)24-9-15(22)20-21-17(23)16-12(18)4-3-5-13(16)19/h3-8H,9H2,1-2H3,(H,20,22)(H,21,23). The van der Waals surface area contributed by atoms with Gasteiger partial charge in [-0.2, -0.15) is 0 Å². The number of aryl methyl sites for hydroxylation is 2. The molecule has 0 heterocycles. The third-order valence-electron chi connectivity index (χ3n) is 3.21. The highest BCUT2D eigenvalue weighted by Gasteiger charge is 2.15. The van der Waals surface area contributed by atoms with Gasteiger partial charge in [-0.25, -0.2) is 0 Å². The van der Waals surface area contributed by atoms with Crippen molar-refractivity contribution in [2.75, 3.05) is 6.61 Å². The Kier molecular flexibility index (Phi) is 6.06. The van der Waals surface area contributed by atoms with Gasteiger partial charge in [0.15, 0.2) is 6.61 Å². The molecular formula is C17H16Cl2N2O3. The number of halogens is 2. The average Bonchev–Trinajstić information content (AvgIpc) is 2.53. The molecule has 0 unspecified atom stereocenters. The second-order valence-corrected chi connectivity index (χ2v) is 5.97. The van der Waals surface area contributed by atoms with E-state index in [0.717, 1.165) is 11.1 Å². The van der Waals surface area contributed by atoms with Crippen LogP contribution in [0, 0.1) is 13.8 Å². The number of amides is 2. The van der Waals surface area contributed by atoms with Crippen LogP contribution in [0.2, 0.25) is 10.0 Å². The van der Waals surface area contributed by atoms with Gasteiger partial charge in [-0.1, -0.05) is 41.4 Å². The summed E-state index contributed by atoms with van der Waals surface area (Å²) >= 11 is 11.9. The molecule has 0 saturated carbocycles. The molecule has 0 spiro atoms. The maximum atomic E-state index is 12.0. The van der Waals surface area contributed by atoms with Gasteiger partial charge in [-0.05, 0) is 43.2 Å². The number of carbonyl (C=O) groups excluding carboxylic acids is 2. The van der Waals surface area contributed by atoms with E-state index in [2.05, 4.69) is 10.9 Å². The molecule has 2 amide bonds. The molecule has 2 rings (SSSR count). The Morgan fingerprint density at radius 2 is 1.71 bits per heavy atom. The lowest BCUT2D eigenvalue weighted by Gasteiger charge is -2.12. The van der Waals surface area contributed by atoms with E-state index in [4.69, 9.17) is 27.9 Å². The number of carbonyl (C=O) groups is 2. The van der Waals surface area contributed by atoms with Crippen LogP contribution in [0.5, 0.6) is 5.75 Å². The molecule has 0 atom stereocenters. The van der Waals surface area contributed by atoms with Gasteiger partial charge < -0.3 is 4.74 Å². The zero-order valence-corrected chi connectivity index (χ0v) is 14.7. The van der Waals surface area contributed by atoms with Crippen molar-refractivity contribution in [3.63, 3.8) is 0 Å². The van der Waals surface area contributed by atoms with Gasteiger partial charge in [0.1, 0.15) is 5.75 Å². The quantitative estimate of drug-likeness (QED) is 0.814. The molecule has 0 aliphatic carbocycles. The van der Waals surface area contributed by atoms with E-state index in [9.17, 15) is 9.59 Å². The molecule has 24 heavy (non-hydrogen) atoms. The fraction of sp³-hybridized carbons (Fsp3) is 0.176. The number of hydrazine groups is 1. The Hall–Kier alpha value is -2.24. The van der Waals surface area contributed by atoms with Crippen LogP contribution < -0.4 is 15.6 Å². The summed E-state index contributed by atoms with van der Waals surface area (Å²) in [4.78, 5) is 23.8. The second-order valence-electron chi connectivity index (χ2n) is 5.16. The van der Waals surface area contributed by atoms with Crippen LogP contribution in [-0.4, -0.2) is 18.4 Å². The van der Waals surface area contributed by atoms with E-state index in [1.54, 1.807) is 6.07 Å². The summed E-state index contributed by atoms with van der Waals surface area (Å²) in [7, 11) is 0. The third-order valence-corrected chi connectivity index (χ3v) is 3.84. The molecule has 5 nitrogen and oxygen atoms in total. The maximum Gasteiger partial charge on any atom is 0.276 e. The Morgan fingerprint density at radius 1 is 1.04 bits per heavy atom. The van der Waals surface area contributed by atoms with Gasteiger partial charge in [0.2, 0.25) is 0 Å². The Labute approximate surface area is 149 Å². The van der Waals surface area contributed by atoms with E-state index in [0.29, 0.717) is 5.75 Å². The first-order valence-corrected chi connectivity index (χ1v) is 7.87. The zero-order valence-electron chi connectivity index (χ0n) is 13.2. The number of hydrogen-bond acceptors (Lipinski definition) is 3. The smallest absolute Gasteiger partial charge is 0.276 e. The minimum Gasteiger partial charge on any atom is -0.483 e. The van der Waals surface area contributed by atoms with Crippen LogP contribution in [0.25, 0.3) is 0 Å². The summed E-state index contributed by atoms with van der Waals surface area (Å²) < 4.78 is 5.45. The predicted molar refractivity (Wildman–Crippen MR) is 93.5 cm³/mol. The van der Waals surface area contributed by atoms with E-state index in [1.807, 2.05) is 32.0 Å². The first-order chi connectivity index (χ1) is 11.4. The summed E-state index contributed by atoms with van der Waals surface area (Å²) in [6, 6.07) is 10.4. The lowest BCUT2D eigenvalue weighted by atomic mass is 10.1. The molecule has 2 aromatic carbocycles. The number of rotatable bonds is 4. The highest BCUT2D eigenvalue weighted by molar-refractivity contribution is 6.39. The van der Waals surface area contributed by atoms with Crippen molar-refractivity contribution >= 4 is 35.0 Å².